The number of carbonyl (C=O) groups is 1. The van der Waals surface area contributed by atoms with Gasteiger partial charge in [0.05, 0.1) is 11.9 Å². The van der Waals surface area contributed by atoms with Gasteiger partial charge in [0.2, 0.25) is 0 Å². The summed E-state index contributed by atoms with van der Waals surface area (Å²) in [5.41, 5.74) is 7.15. The standard InChI is InChI=1S/C13H12N2O2/c14-10-4-5-12(15-8-10)13(17)7-9-2-1-3-11(16)6-9/h1-6,8,16H,7,14H2. The molecule has 0 saturated heterocycles. The molecule has 17 heavy (non-hydrogen) atoms. The first-order valence-electron chi connectivity index (χ1n) is 5.18. The molecular weight excluding hydrogens is 216 g/mol. The topological polar surface area (TPSA) is 76.2 Å². The van der Waals surface area contributed by atoms with Crippen LogP contribution in [0.4, 0.5) is 5.69 Å². The number of aromatic nitrogens is 1. The van der Waals surface area contributed by atoms with Crippen LogP contribution in [0.15, 0.2) is 42.6 Å². The van der Waals surface area contributed by atoms with Crippen molar-refractivity contribution in [2.24, 2.45) is 0 Å². The highest BCUT2D eigenvalue weighted by molar-refractivity contribution is 5.95. The quantitative estimate of drug-likeness (QED) is 0.785. The van der Waals surface area contributed by atoms with Crippen LogP contribution in [-0.4, -0.2) is 15.9 Å². The van der Waals surface area contributed by atoms with E-state index in [0.29, 0.717) is 11.4 Å². The number of nitrogen functional groups attached to an aromatic ring is 1. The van der Waals surface area contributed by atoms with E-state index in [1.807, 2.05) is 0 Å². The molecular formula is C13H12N2O2. The third-order valence-electron chi connectivity index (χ3n) is 2.35. The molecule has 0 radical (unpaired) electrons. The third-order valence-corrected chi connectivity index (χ3v) is 2.35. The average molecular weight is 228 g/mol. The number of aromatic hydroxyl groups is 1. The summed E-state index contributed by atoms with van der Waals surface area (Å²) in [7, 11) is 0. The van der Waals surface area contributed by atoms with Gasteiger partial charge in [-0.2, -0.15) is 0 Å². The molecule has 2 aromatic rings. The Balaban J connectivity index is 2.14. The number of carbonyl (C=O) groups excluding carboxylic acids is 1. The van der Waals surface area contributed by atoms with Crippen molar-refractivity contribution in [3.63, 3.8) is 0 Å². The molecule has 0 bridgehead atoms. The summed E-state index contributed by atoms with van der Waals surface area (Å²) in [6.45, 7) is 0. The van der Waals surface area contributed by atoms with E-state index < -0.39 is 0 Å². The van der Waals surface area contributed by atoms with Crippen LogP contribution in [0.2, 0.25) is 0 Å². The maximum atomic E-state index is 11.9. The van der Waals surface area contributed by atoms with E-state index in [2.05, 4.69) is 4.98 Å². The van der Waals surface area contributed by atoms with E-state index in [1.165, 1.54) is 6.20 Å². The number of Topliss-reactive ketones (excluding diaryl/α,β-unsaturated/α-hetero) is 1. The van der Waals surface area contributed by atoms with Gasteiger partial charge < -0.3 is 10.8 Å². The number of phenolic OH excluding ortho intramolecular Hbond substituents is 1. The number of hydrogen-bond donors (Lipinski definition) is 2. The minimum Gasteiger partial charge on any atom is -0.508 e. The number of nitrogens with two attached hydrogens (primary N) is 1. The smallest absolute Gasteiger partial charge is 0.185 e. The van der Waals surface area contributed by atoms with Crippen molar-refractivity contribution in [2.45, 2.75) is 6.42 Å². The molecule has 0 aliphatic carbocycles. The van der Waals surface area contributed by atoms with E-state index in [1.54, 1.807) is 36.4 Å². The summed E-state index contributed by atoms with van der Waals surface area (Å²) in [5.74, 6) is 0.0520. The van der Waals surface area contributed by atoms with Gasteiger partial charge in [0.1, 0.15) is 11.4 Å². The average Bonchev–Trinajstić information content (AvgIpc) is 2.29. The van der Waals surface area contributed by atoms with Gasteiger partial charge in [-0.05, 0) is 29.8 Å². The Morgan fingerprint density at radius 3 is 2.76 bits per heavy atom. The zero-order chi connectivity index (χ0) is 12.3. The number of anilines is 1. The Labute approximate surface area is 98.7 Å². The van der Waals surface area contributed by atoms with Gasteiger partial charge in [-0.25, -0.2) is 0 Å². The van der Waals surface area contributed by atoms with Crippen LogP contribution in [0.3, 0.4) is 0 Å². The molecule has 0 spiro atoms. The minimum atomic E-state index is -0.101. The molecule has 3 N–H and O–H groups in total. The first-order valence-corrected chi connectivity index (χ1v) is 5.18. The number of pyridine rings is 1. The molecule has 1 heterocycles. The maximum Gasteiger partial charge on any atom is 0.185 e. The summed E-state index contributed by atoms with van der Waals surface area (Å²) in [5, 5.41) is 9.29. The highest BCUT2D eigenvalue weighted by Crippen LogP contribution is 2.13. The normalized spacial score (nSPS) is 10.1. The molecule has 0 amide bonds. The second-order valence-corrected chi connectivity index (χ2v) is 3.75. The Bertz CT molecular complexity index is 535. The Morgan fingerprint density at radius 1 is 1.29 bits per heavy atom. The molecule has 0 aliphatic rings. The van der Waals surface area contributed by atoms with Gasteiger partial charge in [0.25, 0.3) is 0 Å². The molecule has 0 saturated carbocycles. The van der Waals surface area contributed by atoms with E-state index in [9.17, 15) is 9.90 Å². The van der Waals surface area contributed by atoms with Crippen LogP contribution in [-0.2, 0) is 6.42 Å². The number of nitrogens with zero attached hydrogens (tertiary/aromatic N) is 1. The lowest BCUT2D eigenvalue weighted by molar-refractivity contribution is 0.0988. The van der Waals surface area contributed by atoms with Crippen LogP contribution in [0.5, 0.6) is 5.75 Å². The lowest BCUT2D eigenvalue weighted by atomic mass is 10.1. The van der Waals surface area contributed by atoms with Crippen LogP contribution < -0.4 is 5.73 Å². The highest BCUT2D eigenvalue weighted by atomic mass is 16.3. The summed E-state index contributed by atoms with van der Waals surface area (Å²) in [4.78, 5) is 15.8. The van der Waals surface area contributed by atoms with Crippen LogP contribution in [0.1, 0.15) is 16.1 Å². The van der Waals surface area contributed by atoms with Gasteiger partial charge in [-0.1, -0.05) is 12.1 Å². The number of ketones is 1. The van der Waals surface area contributed by atoms with Crippen molar-refractivity contribution in [3.8, 4) is 5.75 Å². The largest absolute Gasteiger partial charge is 0.508 e. The Hall–Kier alpha value is -2.36. The summed E-state index contributed by atoms with van der Waals surface area (Å²) in [6, 6.07) is 9.86. The zero-order valence-electron chi connectivity index (χ0n) is 9.13. The fraction of sp³-hybridized carbons (Fsp3) is 0.0769. The van der Waals surface area contributed by atoms with Crippen LogP contribution >= 0.6 is 0 Å². The lowest BCUT2D eigenvalue weighted by Gasteiger charge is -2.02. The number of rotatable bonds is 3. The fourth-order valence-electron chi connectivity index (χ4n) is 1.51. The summed E-state index contributed by atoms with van der Waals surface area (Å²) < 4.78 is 0. The molecule has 1 aromatic heterocycles. The molecule has 86 valence electrons. The van der Waals surface area contributed by atoms with Gasteiger partial charge in [0.15, 0.2) is 5.78 Å². The Morgan fingerprint density at radius 2 is 2.12 bits per heavy atom. The highest BCUT2D eigenvalue weighted by Gasteiger charge is 2.08. The molecule has 2 rings (SSSR count). The maximum absolute atomic E-state index is 11.9. The van der Waals surface area contributed by atoms with Crippen molar-refractivity contribution in [1.29, 1.82) is 0 Å². The first kappa shape index (κ1) is 11.1. The zero-order valence-corrected chi connectivity index (χ0v) is 9.13. The molecule has 0 fully saturated rings. The molecule has 0 atom stereocenters. The monoisotopic (exact) mass is 228 g/mol. The van der Waals surface area contributed by atoms with Crippen molar-refractivity contribution in [1.82, 2.24) is 4.98 Å². The second kappa shape index (κ2) is 4.65. The van der Waals surface area contributed by atoms with E-state index in [4.69, 9.17) is 5.73 Å². The molecule has 1 aromatic carbocycles. The predicted molar refractivity (Wildman–Crippen MR) is 64.8 cm³/mol. The van der Waals surface area contributed by atoms with Crippen molar-refractivity contribution < 1.29 is 9.90 Å². The fourth-order valence-corrected chi connectivity index (χ4v) is 1.51. The third kappa shape index (κ3) is 2.81. The van der Waals surface area contributed by atoms with Crippen LogP contribution in [0, 0.1) is 0 Å². The Kier molecular flexibility index (Phi) is 3.05. The van der Waals surface area contributed by atoms with E-state index in [0.717, 1.165) is 5.56 Å². The molecule has 0 unspecified atom stereocenters. The second-order valence-electron chi connectivity index (χ2n) is 3.75. The molecule has 4 nitrogen and oxygen atoms in total. The number of benzene rings is 1. The van der Waals surface area contributed by atoms with Gasteiger partial charge in [-0.15, -0.1) is 0 Å². The van der Waals surface area contributed by atoms with Gasteiger partial charge >= 0.3 is 0 Å². The number of phenols is 1. The molecule has 4 heteroatoms. The first-order chi connectivity index (χ1) is 8.15. The van der Waals surface area contributed by atoms with Gasteiger partial charge in [-0.3, -0.25) is 9.78 Å². The summed E-state index contributed by atoms with van der Waals surface area (Å²) >= 11 is 0. The van der Waals surface area contributed by atoms with Crippen molar-refractivity contribution >= 4 is 11.5 Å². The lowest BCUT2D eigenvalue weighted by Crippen LogP contribution is -2.06. The predicted octanol–water partition coefficient (Wildman–Crippen LogP) is 1.79. The van der Waals surface area contributed by atoms with E-state index in [-0.39, 0.29) is 18.0 Å². The van der Waals surface area contributed by atoms with E-state index >= 15 is 0 Å². The minimum absolute atomic E-state index is 0.101. The van der Waals surface area contributed by atoms with Crippen LogP contribution in [0.25, 0.3) is 0 Å². The van der Waals surface area contributed by atoms with Crippen molar-refractivity contribution in [3.05, 3.63) is 53.9 Å². The number of hydrogen-bond acceptors (Lipinski definition) is 4. The van der Waals surface area contributed by atoms with Crippen molar-refractivity contribution in [2.75, 3.05) is 5.73 Å². The molecule has 0 aliphatic heterocycles. The van der Waals surface area contributed by atoms with Gasteiger partial charge in [0, 0.05) is 6.42 Å². The SMILES string of the molecule is Nc1ccc(C(=O)Cc2cccc(O)c2)nc1. The summed E-state index contributed by atoms with van der Waals surface area (Å²) in [6.07, 6.45) is 1.67.